The fourth-order valence-corrected chi connectivity index (χ4v) is 2.02. The molecule has 0 bridgehead atoms. The lowest BCUT2D eigenvalue weighted by Crippen LogP contribution is -2.15. The lowest BCUT2D eigenvalue weighted by atomic mass is 9.81. The van der Waals surface area contributed by atoms with Gasteiger partial charge in [-0.15, -0.1) is 0 Å². The van der Waals surface area contributed by atoms with Crippen LogP contribution in [0.25, 0.3) is 0 Å². The molecule has 0 fully saturated rings. The van der Waals surface area contributed by atoms with Crippen LogP contribution in [0.1, 0.15) is 50.8 Å². The van der Waals surface area contributed by atoms with Crippen LogP contribution in [-0.4, -0.2) is 5.11 Å². The van der Waals surface area contributed by atoms with E-state index in [1.165, 1.54) is 11.1 Å². The fourth-order valence-electron chi connectivity index (χ4n) is 2.02. The highest BCUT2D eigenvalue weighted by atomic mass is 16.3. The predicted octanol–water partition coefficient (Wildman–Crippen LogP) is 3.10. The van der Waals surface area contributed by atoms with E-state index in [9.17, 15) is 5.11 Å². The molecule has 0 amide bonds. The average Bonchev–Trinajstić information content (AvgIpc) is 2.19. The molecular formula is C14H23NO. The molecule has 0 atom stereocenters. The Morgan fingerprint density at radius 1 is 1.19 bits per heavy atom. The van der Waals surface area contributed by atoms with Gasteiger partial charge in [0.2, 0.25) is 0 Å². The molecule has 3 N–H and O–H groups in total. The second kappa shape index (κ2) is 4.88. The number of hydrogen-bond donors (Lipinski definition) is 2. The number of phenolic OH excluding ortho intramolecular Hbond substituents is 1. The standard InChI is InChI=1S/C14H23NO/c1-5-6-10-7-11(9-15)13(16)8-12(10)14(2,3)4/h7-8,16H,5-6,9,15H2,1-4H3. The van der Waals surface area contributed by atoms with E-state index in [1.54, 1.807) is 0 Å². The first-order valence-corrected chi connectivity index (χ1v) is 5.95. The third-order valence-corrected chi connectivity index (χ3v) is 2.85. The fraction of sp³-hybridized carbons (Fsp3) is 0.571. The Morgan fingerprint density at radius 3 is 2.25 bits per heavy atom. The molecule has 1 aromatic carbocycles. The highest BCUT2D eigenvalue weighted by molar-refractivity contribution is 5.44. The zero-order valence-electron chi connectivity index (χ0n) is 10.8. The van der Waals surface area contributed by atoms with E-state index < -0.39 is 0 Å². The van der Waals surface area contributed by atoms with Gasteiger partial charge in [-0.25, -0.2) is 0 Å². The first kappa shape index (κ1) is 13.0. The van der Waals surface area contributed by atoms with Crippen LogP contribution in [0.3, 0.4) is 0 Å². The summed E-state index contributed by atoms with van der Waals surface area (Å²) in [7, 11) is 0. The van der Waals surface area contributed by atoms with Crippen LogP contribution in [-0.2, 0) is 18.4 Å². The zero-order valence-corrected chi connectivity index (χ0v) is 10.8. The number of phenols is 1. The number of nitrogens with two attached hydrogens (primary N) is 1. The second-order valence-electron chi connectivity index (χ2n) is 5.34. The lowest BCUT2D eigenvalue weighted by Gasteiger charge is -2.24. The van der Waals surface area contributed by atoms with E-state index in [-0.39, 0.29) is 5.41 Å². The third kappa shape index (κ3) is 2.76. The van der Waals surface area contributed by atoms with Crippen molar-refractivity contribution in [2.75, 3.05) is 0 Å². The van der Waals surface area contributed by atoms with Crippen molar-refractivity contribution in [3.05, 3.63) is 28.8 Å². The molecule has 0 spiro atoms. The summed E-state index contributed by atoms with van der Waals surface area (Å²) < 4.78 is 0. The van der Waals surface area contributed by atoms with Crippen LogP contribution in [0.2, 0.25) is 0 Å². The van der Waals surface area contributed by atoms with Crippen molar-refractivity contribution >= 4 is 0 Å². The minimum atomic E-state index is 0.0646. The number of rotatable bonds is 3. The Morgan fingerprint density at radius 2 is 1.81 bits per heavy atom. The van der Waals surface area contributed by atoms with Crippen LogP contribution in [0.5, 0.6) is 5.75 Å². The molecule has 2 nitrogen and oxygen atoms in total. The summed E-state index contributed by atoms with van der Waals surface area (Å²) in [6, 6.07) is 3.94. The van der Waals surface area contributed by atoms with Crippen LogP contribution in [0.4, 0.5) is 0 Å². The number of aryl methyl sites for hydroxylation is 1. The van der Waals surface area contributed by atoms with Gasteiger partial charge in [0.25, 0.3) is 0 Å². The van der Waals surface area contributed by atoms with E-state index in [0.29, 0.717) is 12.3 Å². The van der Waals surface area contributed by atoms with Gasteiger partial charge in [-0.1, -0.05) is 40.2 Å². The van der Waals surface area contributed by atoms with Gasteiger partial charge in [0, 0.05) is 12.1 Å². The van der Waals surface area contributed by atoms with E-state index in [2.05, 4.69) is 33.8 Å². The molecular weight excluding hydrogens is 198 g/mol. The van der Waals surface area contributed by atoms with E-state index in [0.717, 1.165) is 18.4 Å². The van der Waals surface area contributed by atoms with Gasteiger partial charge < -0.3 is 10.8 Å². The molecule has 2 heteroatoms. The van der Waals surface area contributed by atoms with Gasteiger partial charge in [0.05, 0.1) is 0 Å². The Balaban J connectivity index is 3.30. The molecule has 0 aromatic heterocycles. The van der Waals surface area contributed by atoms with Crippen molar-refractivity contribution in [1.29, 1.82) is 0 Å². The minimum absolute atomic E-state index is 0.0646. The van der Waals surface area contributed by atoms with Gasteiger partial charge in [-0.2, -0.15) is 0 Å². The van der Waals surface area contributed by atoms with Crippen LogP contribution >= 0.6 is 0 Å². The van der Waals surface area contributed by atoms with Crippen LogP contribution in [0, 0.1) is 0 Å². The molecule has 0 saturated carbocycles. The van der Waals surface area contributed by atoms with E-state index >= 15 is 0 Å². The molecule has 0 aliphatic carbocycles. The zero-order chi connectivity index (χ0) is 12.3. The Kier molecular flexibility index (Phi) is 3.98. The first-order valence-electron chi connectivity index (χ1n) is 5.95. The summed E-state index contributed by atoms with van der Waals surface area (Å²) in [5.74, 6) is 0.326. The van der Waals surface area contributed by atoms with Crippen LogP contribution in [0.15, 0.2) is 12.1 Å². The van der Waals surface area contributed by atoms with Crippen molar-refractivity contribution in [3.8, 4) is 5.75 Å². The highest BCUT2D eigenvalue weighted by Gasteiger charge is 2.19. The smallest absolute Gasteiger partial charge is 0.120 e. The summed E-state index contributed by atoms with van der Waals surface area (Å²) in [5, 5.41) is 9.87. The Bertz CT molecular complexity index is 364. The molecule has 1 aromatic rings. The topological polar surface area (TPSA) is 46.2 Å². The summed E-state index contributed by atoms with van der Waals surface area (Å²) in [6.45, 7) is 9.07. The normalized spacial score (nSPS) is 11.8. The minimum Gasteiger partial charge on any atom is -0.508 e. The molecule has 0 aliphatic heterocycles. The quantitative estimate of drug-likeness (QED) is 0.824. The van der Waals surface area contributed by atoms with Gasteiger partial charge in [0.1, 0.15) is 5.75 Å². The highest BCUT2D eigenvalue weighted by Crippen LogP contribution is 2.32. The second-order valence-corrected chi connectivity index (χ2v) is 5.34. The molecule has 1 rings (SSSR count). The monoisotopic (exact) mass is 221 g/mol. The Labute approximate surface area is 98.5 Å². The maximum absolute atomic E-state index is 9.87. The third-order valence-electron chi connectivity index (χ3n) is 2.85. The van der Waals surface area contributed by atoms with Crippen molar-refractivity contribution in [2.24, 2.45) is 5.73 Å². The number of hydrogen-bond acceptors (Lipinski definition) is 2. The molecule has 0 aliphatic rings. The van der Waals surface area contributed by atoms with Crippen molar-refractivity contribution in [3.63, 3.8) is 0 Å². The Hall–Kier alpha value is -1.02. The maximum atomic E-state index is 9.87. The number of benzene rings is 1. The van der Waals surface area contributed by atoms with Gasteiger partial charge in [0.15, 0.2) is 0 Å². The molecule has 0 radical (unpaired) electrons. The average molecular weight is 221 g/mol. The lowest BCUT2D eigenvalue weighted by molar-refractivity contribution is 0.463. The first-order chi connectivity index (χ1) is 7.40. The van der Waals surface area contributed by atoms with Gasteiger partial charge in [-0.3, -0.25) is 0 Å². The predicted molar refractivity (Wildman–Crippen MR) is 68.7 cm³/mol. The summed E-state index contributed by atoms with van der Waals surface area (Å²) in [5.41, 5.74) is 9.06. The van der Waals surface area contributed by atoms with E-state index in [1.807, 2.05) is 6.07 Å². The molecule has 0 saturated heterocycles. The van der Waals surface area contributed by atoms with Gasteiger partial charge in [-0.05, 0) is 29.0 Å². The molecule has 0 unspecified atom stereocenters. The maximum Gasteiger partial charge on any atom is 0.120 e. The van der Waals surface area contributed by atoms with Crippen molar-refractivity contribution < 1.29 is 5.11 Å². The van der Waals surface area contributed by atoms with Crippen LogP contribution < -0.4 is 5.73 Å². The van der Waals surface area contributed by atoms with Crippen molar-refractivity contribution in [2.45, 2.75) is 52.5 Å². The summed E-state index contributed by atoms with van der Waals surface area (Å²) in [4.78, 5) is 0. The summed E-state index contributed by atoms with van der Waals surface area (Å²) in [6.07, 6.45) is 2.15. The summed E-state index contributed by atoms with van der Waals surface area (Å²) >= 11 is 0. The SMILES string of the molecule is CCCc1cc(CN)c(O)cc1C(C)(C)C. The largest absolute Gasteiger partial charge is 0.508 e. The van der Waals surface area contributed by atoms with E-state index in [4.69, 9.17) is 5.73 Å². The van der Waals surface area contributed by atoms with Gasteiger partial charge >= 0.3 is 0 Å². The number of aromatic hydroxyl groups is 1. The van der Waals surface area contributed by atoms with Crippen molar-refractivity contribution in [1.82, 2.24) is 0 Å². The molecule has 90 valence electrons. The molecule has 0 heterocycles. The molecule has 16 heavy (non-hydrogen) atoms.